The van der Waals surface area contributed by atoms with Crippen molar-refractivity contribution in [2.24, 2.45) is 0 Å². The molecule has 0 N–H and O–H groups in total. The molecule has 0 heterocycles. The zero-order valence-corrected chi connectivity index (χ0v) is 8.51. The minimum Gasteiger partial charge on any atom is -0.465 e. The first kappa shape index (κ1) is 14.0. The molecule has 0 atom stereocenters. The molecule has 0 aromatic carbocycles. The average molecular weight is 225 g/mol. The molecule has 0 unspecified atom stereocenters. The number of carbonyl (C=O) groups excluding carboxylic acids is 1. The lowest BCUT2D eigenvalue weighted by molar-refractivity contribution is -0.155. The summed E-state index contributed by atoms with van der Waals surface area (Å²) < 4.78 is 40.7. The molecule has 15 heavy (non-hydrogen) atoms. The van der Waals surface area contributed by atoms with E-state index in [1.54, 1.807) is 6.92 Å². The van der Waals surface area contributed by atoms with Gasteiger partial charge in [-0.05, 0) is 6.92 Å². The van der Waals surface area contributed by atoms with Gasteiger partial charge in [-0.25, -0.2) is 0 Å². The highest BCUT2D eigenvalue weighted by Crippen LogP contribution is 2.16. The van der Waals surface area contributed by atoms with Crippen molar-refractivity contribution in [2.45, 2.75) is 13.1 Å². The van der Waals surface area contributed by atoms with E-state index in [1.165, 1.54) is 6.08 Å². The van der Waals surface area contributed by atoms with Gasteiger partial charge >= 0.3 is 12.1 Å². The Labute approximate surface area is 86.5 Å². The van der Waals surface area contributed by atoms with Crippen LogP contribution in [0, 0.1) is 0 Å². The SMILES string of the molecule is C=CCN(CC(=O)OCC)CC(F)(F)F. The van der Waals surface area contributed by atoms with E-state index in [2.05, 4.69) is 11.3 Å². The molecular weight excluding hydrogens is 211 g/mol. The number of halogens is 3. The van der Waals surface area contributed by atoms with Gasteiger partial charge in [-0.3, -0.25) is 9.69 Å². The lowest BCUT2D eigenvalue weighted by Crippen LogP contribution is -2.38. The van der Waals surface area contributed by atoms with E-state index in [9.17, 15) is 18.0 Å². The fourth-order valence-corrected chi connectivity index (χ4v) is 1.01. The van der Waals surface area contributed by atoms with Crippen LogP contribution in [-0.2, 0) is 9.53 Å². The molecular formula is C9H14F3NO2. The summed E-state index contributed by atoms with van der Waals surface area (Å²) in [6, 6.07) is 0. The van der Waals surface area contributed by atoms with Crippen molar-refractivity contribution in [3.63, 3.8) is 0 Å². The normalized spacial score (nSPS) is 11.5. The first-order chi connectivity index (χ1) is 6.89. The Morgan fingerprint density at radius 2 is 2.13 bits per heavy atom. The molecule has 6 heteroatoms. The van der Waals surface area contributed by atoms with E-state index in [0.29, 0.717) is 0 Å². The molecule has 0 spiro atoms. The van der Waals surface area contributed by atoms with Crippen molar-refractivity contribution in [3.05, 3.63) is 12.7 Å². The lowest BCUT2D eigenvalue weighted by atomic mass is 10.4. The number of rotatable bonds is 6. The van der Waals surface area contributed by atoms with E-state index in [-0.39, 0.29) is 19.7 Å². The van der Waals surface area contributed by atoms with Crippen molar-refractivity contribution in [1.29, 1.82) is 0 Å². The third-order valence-corrected chi connectivity index (χ3v) is 1.45. The van der Waals surface area contributed by atoms with Crippen LogP contribution in [0.5, 0.6) is 0 Å². The van der Waals surface area contributed by atoms with E-state index < -0.39 is 18.7 Å². The molecule has 0 saturated carbocycles. The highest BCUT2D eigenvalue weighted by Gasteiger charge is 2.31. The van der Waals surface area contributed by atoms with Gasteiger partial charge in [-0.15, -0.1) is 6.58 Å². The molecule has 0 bridgehead atoms. The number of carbonyl (C=O) groups is 1. The van der Waals surface area contributed by atoms with Gasteiger partial charge in [-0.2, -0.15) is 13.2 Å². The Balaban J connectivity index is 4.15. The molecule has 0 fully saturated rings. The maximum Gasteiger partial charge on any atom is 0.401 e. The van der Waals surface area contributed by atoms with Crippen LogP contribution in [0.15, 0.2) is 12.7 Å². The highest BCUT2D eigenvalue weighted by molar-refractivity contribution is 5.71. The van der Waals surface area contributed by atoms with Crippen LogP contribution >= 0.6 is 0 Å². The molecule has 0 amide bonds. The zero-order chi connectivity index (χ0) is 11.9. The number of hydrogen-bond donors (Lipinski definition) is 0. The number of esters is 1. The smallest absolute Gasteiger partial charge is 0.401 e. The van der Waals surface area contributed by atoms with Gasteiger partial charge in [0.15, 0.2) is 0 Å². The molecule has 0 saturated heterocycles. The fraction of sp³-hybridized carbons (Fsp3) is 0.667. The van der Waals surface area contributed by atoms with Crippen molar-refractivity contribution in [3.8, 4) is 0 Å². The predicted molar refractivity (Wildman–Crippen MR) is 49.3 cm³/mol. The quantitative estimate of drug-likeness (QED) is 0.508. The Kier molecular flexibility index (Phi) is 6.00. The summed E-state index contributed by atoms with van der Waals surface area (Å²) in [6.07, 6.45) is -3.01. The highest BCUT2D eigenvalue weighted by atomic mass is 19.4. The van der Waals surface area contributed by atoms with Gasteiger partial charge in [0.1, 0.15) is 0 Å². The number of ether oxygens (including phenoxy) is 1. The van der Waals surface area contributed by atoms with Gasteiger partial charge < -0.3 is 4.74 Å². The summed E-state index contributed by atoms with van der Waals surface area (Å²) in [5.41, 5.74) is 0. The second-order valence-electron chi connectivity index (χ2n) is 2.88. The van der Waals surface area contributed by atoms with Crippen LogP contribution in [0.3, 0.4) is 0 Å². The van der Waals surface area contributed by atoms with Crippen LogP contribution < -0.4 is 0 Å². The molecule has 0 aromatic heterocycles. The minimum atomic E-state index is -4.32. The maximum atomic E-state index is 12.0. The van der Waals surface area contributed by atoms with Crippen LogP contribution in [-0.4, -0.2) is 43.3 Å². The van der Waals surface area contributed by atoms with E-state index in [0.717, 1.165) is 4.90 Å². The number of hydrogen-bond acceptors (Lipinski definition) is 3. The van der Waals surface area contributed by atoms with Crippen molar-refractivity contribution in [1.82, 2.24) is 4.90 Å². The summed E-state index contributed by atoms with van der Waals surface area (Å²) in [7, 11) is 0. The van der Waals surface area contributed by atoms with Gasteiger partial charge in [0, 0.05) is 6.54 Å². The monoisotopic (exact) mass is 225 g/mol. The molecule has 0 aliphatic rings. The Bertz CT molecular complexity index is 216. The summed E-state index contributed by atoms with van der Waals surface area (Å²) in [4.78, 5) is 11.9. The van der Waals surface area contributed by atoms with E-state index in [1.807, 2.05) is 0 Å². The lowest BCUT2D eigenvalue weighted by Gasteiger charge is -2.20. The molecule has 0 radical (unpaired) electrons. The largest absolute Gasteiger partial charge is 0.465 e. The molecule has 0 aromatic rings. The summed E-state index contributed by atoms with van der Waals surface area (Å²) in [5.74, 6) is -0.663. The van der Waals surface area contributed by atoms with Crippen LogP contribution in [0.2, 0.25) is 0 Å². The van der Waals surface area contributed by atoms with Gasteiger partial charge in [-0.1, -0.05) is 6.08 Å². The second-order valence-corrected chi connectivity index (χ2v) is 2.88. The van der Waals surface area contributed by atoms with E-state index in [4.69, 9.17) is 0 Å². The number of nitrogens with zero attached hydrogens (tertiary/aromatic N) is 1. The number of alkyl halides is 3. The first-order valence-corrected chi connectivity index (χ1v) is 4.44. The summed E-state index contributed by atoms with van der Waals surface area (Å²) in [6.45, 7) is 3.56. The average Bonchev–Trinajstić information content (AvgIpc) is 2.01. The van der Waals surface area contributed by atoms with Crippen LogP contribution in [0.25, 0.3) is 0 Å². The second kappa shape index (κ2) is 6.44. The summed E-state index contributed by atoms with van der Waals surface area (Å²) >= 11 is 0. The molecule has 0 aliphatic heterocycles. The van der Waals surface area contributed by atoms with Crippen LogP contribution in [0.1, 0.15) is 6.92 Å². The zero-order valence-electron chi connectivity index (χ0n) is 8.51. The van der Waals surface area contributed by atoms with Crippen molar-refractivity contribution < 1.29 is 22.7 Å². The Morgan fingerprint density at radius 1 is 1.53 bits per heavy atom. The van der Waals surface area contributed by atoms with Crippen molar-refractivity contribution in [2.75, 3.05) is 26.2 Å². The molecule has 0 rings (SSSR count). The Hall–Kier alpha value is -1.04. The van der Waals surface area contributed by atoms with Gasteiger partial charge in [0.2, 0.25) is 0 Å². The first-order valence-electron chi connectivity index (χ1n) is 4.44. The van der Waals surface area contributed by atoms with Gasteiger partial charge in [0.25, 0.3) is 0 Å². The predicted octanol–water partition coefficient (Wildman–Crippen LogP) is 1.60. The standard InChI is InChI=1S/C9H14F3NO2/c1-3-5-13(7-9(10,11)12)6-8(14)15-4-2/h3H,1,4-7H2,2H3. The molecule has 3 nitrogen and oxygen atoms in total. The molecule has 88 valence electrons. The third-order valence-electron chi connectivity index (χ3n) is 1.45. The topological polar surface area (TPSA) is 29.5 Å². The van der Waals surface area contributed by atoms with E-state index >= 15 is 0 Å². The third kappa shape index (κ3) is 7.99. The molecule has 0 aliphatic carbocycles. The maximum absolute atomic E-state index is 12.0. The summed E-state index contributed by atoms with van der Waals surface area (Å²) in [5, 5.41) is 0. The van der Waals surface area contributed by atoms with Crippen molar-refractivity contribution >= 4 is 5.97 Å². The fourth-order valence-electron chi connectivity index (χ4n) is 1.01. The minimum absolute atomic E-state index is 0.00166. The van der Waals surface area contributed by atoms with Gasteiger partial charge in [0.05, 0.1) is 19.7 Å². The Morgan fingerprint density at radius 3 is 2.53 bits per heavy atom. The van der Waals surface area contributed by atoms with Crippen LogP contribution in [0.4, 0.5) is 13.2 Å².